The van der Waals surface area contributed by atoms with Gasteiger partial charge in [0.05, 0.1) is 0 Å². The molecule has 0 spiro atoms. The zero-order valence-electron chi connectivity index (χ0n) is 23.7. The van der Waals surface area contributed by atoms with Gasteiger partial charge in [-0.2, -0.15) is 9.97 Å². The summed E-state index contributed by atoms with van der Waals surface area (Å²) in [4.78, 5) is 14.8. The van der Waals surface area contributed by atoms with Crippen LogP contribution in [0.15, 0.2) is 30.3 Å². The fourth-order valence-electron chi connectivity index (χ4n) is 6.95. The van der Waals surface area contributed by atoms with Crippen LogP contribution >= 0.6 is 12.2 Å². The molecule has 6 nitrogen and oxygen atoms in total. The highest BCUT2D eigenvalue weighted by Gasteiger charge is 2.34. The predicted octanol–water partition coefficient (Wildman–Crippen LogP) is 6.67. The van der Waals surface area contributed by atoms with Crippen LogP contribution in [-0.4, -0.2) is 47.8 Å². The molecule has 3 aliphatic rings. The molecule has 2 N–H and O–H groups in total. The molecule has 0 radical (unpaired) electrons. The summed E-state index contributed by atoms with van der Waals surface area (Å²) in [6, 6.07) is 9.23. The molecule has 3 heterocycles. The molecule has 2 aromatic rings. The van der Waals surface area contributed by atoms with Gasteiger partial charge in [0.2, 0.25) is 5.95 Å². The van der Waals surface area contributed by atoms with Gasteiger partial charge in [-0.1, -0.05) is 58.1 Å². The van der Waals surface area contributed by atoms with Crippen molar-refractivity contribution in [3.8, 4) is 0 Å². The van der Waals surface area contributed by atoms with Gasteiger partial charge in [0.15, 0.2) is 5.11 Å². The molecule has 1 aromatic heterocycles. The summed E-state index contributed by atoms with van der Waals surface area (Å²) in [7, 11) is 0. The van der Waals surface area contributed by atoms with Crippen LogP contribution in [0, 0.1) is 17.7 Å². The van der Waals surface area contributed by atoms with Crippen LogP contribution in [0.4, 0.5) is 22.0 Å². The standard InChI is InChI=1S/C31H45FN6S/c1-23-18-24(2)21-38(20-23)28-19-27(37-16-8-3-4-9-17-37)34-29(35-28)36-30(39)33-22-31(14-6-5-7-15-31)25-10-12-26(32)13-11-25/h10-13,19,23-24H,3-9,14-18,20-22H2,1-2H3,(H2,33,34,35,36,39). The van der Waals surface area contributed by atoms with E-state index in [9.17, 15) is 4.39 Å². The van der Waals surface area contributed by atoms with E-state index in [-0.39, 0.29) is 11.2 Å². The van der Waals surface area contributed by atoms with Crippen LogP contribution in [-0.2, 0) is 5.41 Å². The SMILES string of the molecule is CC1CC(C)CN(c2cc(N3CCCCCC3)nc(NC(=S)NCC3(c4ccc(F)cc4)CCCCC3)n2)C1. The summed E-state index contributed by atoms with van der Waals surface area (Å²) in [5, 5.41) is 7.38. The van der Waals surface area contributed by atoms with E-state index in [1.807, 2.05) is 12.1 Å². The van der Waals surface area contributed by atoms with Crippen molar-refractivity contribution in [3.63, 3.8) is 0 Å². The second-order valence-electron chi connectivity index (χ2n) is 12.3. The van der Waals surface area contributed by atoms with E-state index < -0.39 is 0 Å². The molecule has 8 heteroatoms. The Balaban J connectivity index is 1.34. The number of hydrogen-bond donors (Lipinski definition) is 2. The van der Waals surface area contributed by atoms with Gasteiger partial charge < -0.3 is 20.4 Å². The van der Waals surface area contributed by atoms with Crippen LogP contribution in [0.25, 0.3) is 0 Å². The molecule has 2 saturated heterocycles. The molecule has 3 fully saturated rings. The number of rotatable bonds is 6. The van der Waals surface area contributed by atoms with Gasteiger partial charge in [0.1, 0.15) is 17.5 Å². The molecule has 1 saturated carbocycles. The van der Waals surface area contributed by atoms with Crippen molar-refractivity contribution in [3.05, 3.63) is 41.7 Å². The second kappa shape index (κ2) is 12.8. The third-order valence-electron chi connectivity index (χ3n) is 8.90. The molecule has 2 aliphatic heterocycles. The largest absolute Gasteiger partial charge is 0.361 e. The molecule has 1 aliphatic carbocycles. The monoisotopic (exact) mass is 552 g/mol. The molecular formula is C31H45FN6S. The Morgan fingerprint density at radius 1 is 0.897 bits per heavy atom. The highest BCUT2D eigenvalue weighted by atomic mass is 32.1. The first-order chi connectivity index (χ1) is 18.9. The van der Waals surface area contributed by atoms with Gasteiger partial charge in [-0.25, -0.2) is 4.39 Å². The first-order valence-electron chi connectivity index (χ1n) is 15.1. The van der Waals surface area contributed by atoms with Crippen molar-refractivity contribution in [2.45, 2.75) is 83.5 Å². The first-order valence-corrected chi connectivity index (χ1v) is 15.5. The maximum Gasteiger partial charge on any atom is 0.232 e. The lowest BCUT2D eigenvalue weighted by atomic mass is 9.69. The van der Waals surface area contributed by atoms with Crippen LogP contribution in [0.1, 0.15) is 83.6 Å². The molecule has 39 heavy (non-hydrogen) atoms. The molecular weight excluding hydrogens is 507 g/mol. The van der Waals surface area contributed by atoms with Crippen LogP contribution in [0.3, 0.4) is 0 Å². The normalized spacial score (nSPS) is 23.7. The van der Waals surface area contributed by atoms with E-state index in [1.165, 1.54) is 56.9 Å². The molecule has 1 aromatic carbocycles. The Morgan fingerprint density at radius 3 is 2.13 bits per heavy atom. The zero-order chi connectivity index (χ0) is 27.2. The van der Waals surface area contributed by atoms with E-state index in [1.54, 1.807) is 12.1 Å². The van der Waals surface area contributed by atoms with E-state index in [2.05, 4.69) is 40.3 Å². The van der Waals surface area contributed by atoms with E-state index in [0.29, 0.717) is 29.4 Å². The van der Waals surface area contributed by atoms with Gasteiger partial charge in [-0.15, -0.1) is 0 Å². The quantitative estimate of drug-likeness (QED) is 0.388. The Labute approximate surface area is 239 Å². The van der Waals surface area contributed by atoms with Crippen molar-refractivity contribution in [1.29, 1.82) is 0 Å². The number of anilines is 3. The summed E-state index contributed by atoms with van der Waals surface area (Å²) in [5.74, 6) is 3.64. The van der Waals surface area contributed by atoms with E-state index in [0.717, 1.165) is 50.7 Å². The molecule has 5 rings (SSSR count). The van der Waals surface area contributed by atoms with Gasteiger partial charge in [0.25, 0.3) is 0 Å². The van der Waals surface area contributed by atoms with Crippen molar-refractivity contribution in [1.82, 2.24) is 15.3 Å². The lowest BCUT2D eigenvalue weighted by Crippen LogP contribution is -2.44. The Kier molecular flexibility index (Phi) is 9.21. The van der Waals surface area contributed by atoms with Crippen molar-refractivity contribution in [2.24, 2.45) is 11.8 Å². The minimum Gasteiger partial charge on any atom is -0.361 e. The third-order valence-corrected chi connectivity index (χ3v) is 9.15. The fourth-order valence-corrected chi connectivity index (χ4v) is 7.11. The van der Waals surface area contributed by atoms with Crippen molar-refractivity contribution >= 4 is 34.9 Å². The first kappa shape index (κ1) is 28.1. The van der Waals surface area contributed by atoms with Gasteiger partial charge >= 0.3 is 0 Å². The number of nitrogens with zero attached hydrogens (tertiary/aromatic N) is 4. The third kappa shape index (κ3) is 7.19. The lowest BCUT2D eigenvalue weighted by molar-refractivity contribution is 0.292. The number of benzene rings is 1. The summed E-state index contributed by atoms with van der Waals surface area (Å²) in [6.07, 6.45) is 12.0. The number of piperidine rings is 1. The Hall–Kier alpha value is -2.48. The molecule has 0 amide bonds. The minimum absolute atomic E-state index is 0.0440. The summed E-state index contributed by atoms with van der Waals surface area (Å²) >= 11 is 5.79. The maximum absolute atomic E-state index is 13.7. The molecule has 2 unspecified atom stereocenters. The molecule has 212 valence electrons. The summed E-state index contributed by atoms with van der Waals surface area (Å²) in [5.41, 5.74) is 1.14. The molecule has 2 atom stereocenters. The minimum atomic E-state index is -0.190. The van der Waals surface area contributed by atoms with Gasteiger partial charge in [-0.3, -0.25) is 0 Å². The maximum atomic E-state index is 13.7. The van der Waals surface area contributed by atoms with Crippen LogP contribution in [0.5, 0.6) is 0 Å². The average Bonchev–Trinajstić information content (AvgIpc) is 3.22. The van der Waals surface area contributed by atoms with E-state index >= 15 is 0 Å². The number of halogens is 1. The number of hydrogen-bond acceptors (Lipinski definition) is 5. The van der Waals surface area contributed by atoms with Crippen molar-refractivity contribution < 1.29 is 4.39 Å². The molecule has 0 bridgehead atoms. The fraction of sp³-hybridized carbons (Fsp3) is 0.645. The van der Waals surface area contributed by atoms with Gasteiger partial charge in [0, 0.05) is 44.2 Å². The average molecular weight is 553 g/mol. The second-order valence-corrected chi connectivity index (χ2v) is 12.7. The predicted molar refractivity (Wildman–Crippen MR) is 163 cm³/mol. The van der Waals surface area contributed by atoms with Crippen LogP contribution in [0.2, 0.25) is 0 Å². The van der Waals surface area contributed by atoms with Gasteiger partial charge in [-0.05, 0) is 73.9 Å². The van der Waals surface area contributed by atoms with Crippen LogP contribution < -0.4 is 20.4 Å². The number of nitrogens with one attached hydrogen (secondary N) is 2. The summed E-state index contributed by atoms with van der Waals surface area (Å²) in [6.45, 7) is 9.48. The Bertz CT molecular complexity index is 1080. The number of aromatic nitrogens is 2. The highest BCUT2D eigenvalue weighted by Crippen LogP contribution is 2.39. The van der Waals surface area contributed by atoms with E-state index in [4.69, 9.17) is 22.2 Å². The summed E-state index contributed by atoms with van der Waals surface area (Å²) < 4.78 is 13.7. The smallest absolute Gasteiger partial charge is 0.232 e. The highest BCUT2D eigenvalue weighted by molar-refractivity contribution is 7.80. The lowest BCUT2D eigenvalue weighted by Gasteiger charge is -2.38. The Morgan fingerprint density at radius 2 is 1.49 bits per heavy atom. The van der Waals surface area contributed by atoms with Crippen molar-refractivity contribution in [2.75, 3.05) is 47.8 Å². The number of thiocarbonyl (C=S) groups is 1. The topological polar surface area (TPSA) is 56.3 Å². The zero-order valence-corrected chi connectivity index (χ0v) is 24.5.